The summed E-state index contributed by atoms with van der Waals surface area (Å²) in [5, 5.41) is 0. The second-order valence-corrected chi connectivity index (χ2v) is 20.9. The Balaban J connectivity index is 0. The maximum absolute atomic E-state index is 6.28. The maximum atomic E-state index is 6.28. The summed E-state index contributed by atoms with van der Waals surface area (Å²) in [7, 11) is -2.30. The Morgan fingerprint density at radius 2 is 1.62 bits per heavy atom. The van der Waals surface area contributed by atoms with Crippen molar-refractivity contribution in [1.82, 2.24) is 0 Å². The van der Waals surface area contributed by atoms with Crippen molar-refractivity contribution in [3.63, 3.8) is 0 Å². The Kier molecular flexibility index (Phi) is 4.16. The van der Waals surface area contributed by atoms with Crippen molar-refractivity contribution in [2.24, 2.45) is 0 Å². The van der Waals surface area contributed by atoms with Crippen molar-refractivity contribution in [3.8, 4) is 0 Å². The monoisotopic (exact) mass is 210 g/mol. The Bertz CT molecular complexity index is 195. The molecule has 0 saturated carbocycles. The summed E-state index contributed by atoms with van der Waals surface area (Å²) in [6, 6.07) is 1.46. The molecule has 1 fully saturated rings. The summed E-state index contributed by atoms with van der Waals surface area (Å²) in [6.07, 6.45) is 1.27. The van der Waals surface area contributed by atoms with Gasteiger partial charge in [0.05, 0.1) is 13.2 Å². The van der Waals surface area contributed by atoms with Crippen molar-refractivity contribution >= 4 is 15.4 Å². The smallest absolute Gasteiger partial charge is 1.00 e. The van der Waals surface area contributed by atoms with Crippen LogP contribution in [0.4, 0.5) is 0 Å². The summed E-state index contributed by atoms with van der Waals surface area (Å²) in [6.45, 7) is 14.3. The van der Waals surface area contributed by atoms with Gasteiger partial charge in [0.1, 0.15) is 0 Å². The van der Waals surface area contributed by atoms with Crippen LogP contribution in [0, 0.1) is 0 Å². The Hall–Kier alpha value is 0.991. The van der Waals surface area contributed by atoms with E-state index in [2.05, 4.69) is 40.0 Å². The maximum Gasteiger partial charge on any atom is 1.00 e. The minimum absolute atomic E-state index is 0. The van der Waals surface area contributed by atoms with E-state index in [-0.39, 0.29) is 25.9 Å². The average molecular weight is 210 g/mol. The third-order valence-corrected chi connectivity index (χ3v) is 20.2. The van der Waals surface area contributed by atoms with Gasteiger partial charge in [0.15, 0.2) is 7.83 Å². The molecule has 0 aromatic carbocycles. The number of hydrogen-bond donors (Lipinski definition) is 0. The number of hydrogen-bond acceptors (Lipinski definition) is 1. The van der Waals surface area contributed by atoms with E-state index in [4.69, 9.17) is 4.43 Å². The van der Waals surface area contributed by atoms with E-state index >= 15 is 0 Å². The first-order chi connectivity index (χ1) is 5.16. The first-order valence-corrected chi connectivity index (χ1v) is 12.0. The van der Waals surface area contributed by atoms with Gasteiger partial charge >= 0.3 is 18.9 Å². The van der Waals surface area contributed by atoms with Crippen LogP contribution in [0.3, 0.4) is 0 Å². The van der Waals surface area contributed by atoms with Crippen LogP contribution in [0.2, 0.25) is 32.2 Å². The van der Waals surface area contributed by atoms with E-state index < -0.39 is 15.4 Å². The molecular formula is C9H23LiOSi2. The van der Waals surface area contributed by atoms with E-state index in [1.165, 1.54) is 12.5 Å². The standard InChI is InChI=1S/C9H22OSi2.Li.H/c1-9(2)7-8-11(3,4)12(5,6)10-9;;/h7-8H2,1-6H3;;/q;+1;-1. The normalized spacial score (nSPS) is 29.1. The predicted molar refractivity (Wildman–Crippen MR) is 60.7 cm³/mol. The molecule has 4 heteroatoms. The molecule has 0 unspecified atom stereocenters. The van der Waals surface area contributed by atoms with E-state index in [9.17, 15) is 0 Å². The predicted octanol–water partition coefficient (Wildman–Crippen LogP) is 0.294. The van der Waals surface area contributed by atoms with E-state index in [0.29, 0.717) is 0 Å². The Morgan fingerprint density at radius 1 is 1.15 bits per heavy atom. The third-order valence-electron chi connectivity index (χ3n) is 3.51. The minimum Gasteiger partial charge on any atom is -1.00 e. The molecule has 1 nitrogen and oxygen atoms in total. The molecule has 1 heterocycles. The summed E-state index contributed by atoms with van der Waals surface area (Å²) in [4.78, 5) is 0. The summed E-state index contributed by atoms with van der Waals surface area (Å²) in [5.74, 6) is 0. The van der Waals surface area contributed by atoms with Gasteiger partial charge in [-0.3, -0.25) is 0 Å². The Labute approximate surface area is 98.2 Å². The van der Waals surface area contributed by atoms with Crippen LogP contribution in [0.25, 0.3) is 0 Å². The van der Waals surface area contributed by atoms with Crippen LogP contribution in [0.5, 0.6) is 0 Å². The molecule has 1 rings (SSSR count). The molecule has 13 heavy (non-hydrogen) atoms. The molecule has 0 aromatic rings. The van der Waals surface area contributed by atoms with Gasteiger partial charge in [-0.15, -0.1) is 0 Å². The van der Waals surface area contributed by atoms with Crippen LogP contribution in [0.1, 0.15) is 21.7 Å². The molecule has 0 bridgehead atoms. The molecule has 0 radical (unpaired) electrons. The van der Waals surface area contributed by atoms with Crippen LogP contribution >= 0.6 is 0 Å². The molecule has 0 spiro atoms. The fourth-order valence-corrected chi connectivity index (χ4v) is 9.22. The first kappa shape index (κ1) is 14.0. The molecule has 74 valence electrons. The van der Waals surface area contributed by atoms with E-state index in [1.807, 2.05) is 0 Å². The fraction of sp³-hybridized carbons (Fsp3) is 1.00. The van der Waals surface area contributed by atoms with Crippen LogP contribution in [0.15, 0.2) is 0 Å². The van der Waals surface area contributed by atoms with Gasteiger partial charge < -0.3 is 5.85 Å². The molecule has 0 aliphatic carbocycles. The molecule has 1 aliphatic rings. The van der Waals surface area contributed by atoms with Gasteiger partial charge in [-0.25, -0.2) is 0 Å². The summed E-state index contributed by atoms with van der Waals surface area (Å²) < 4.78 is 6.28. The van der Waals surface area contributed by atoms with Crippen LogP contribution in [-0.4, -0.2) is 21.0 Å². The van der Waals surface area contributed by atoms with Gasteiger partial charge in [0.2, 0.25) is 0 Å². The summed E-state index contributed by atoms with van der Waals surface area (Å²) in [5.41, 5.74) is 0.165. The van der Waals surface area contributed by atoms with E-state index in [1.54, 1.807) is 0 Å². The zero-order valence-electron chi connectivity index (χ0n) is 11.3. The molecule has 0 aromatic heterocycles. The molecule has 0 N–H and O–H groups in total. The molecule has 1 aliphatic heterocycles. The van der Waals surface area contributed by atoms with Gasteiger partial charge in [0, 0.05) is 0 Å². The fourth-order valence-electron chi connectivity index (χ4n) is 1.79. The zero-order chi connectivity index (χ0) is 9.62. The SMILES string of the molecule is CC1(C)CC[Si](C)(C)[Si](C)(C)O1.[H-].[Li+]. The first-order valence-electron chi connectivity index (χ1n) is 4.87. The second-order valence-electron chi connectivity index (χ2n) is 5.76. The minimum atomic E-state index is -1.31. The molecule has 0 amide bonds. The van der Waals surface area contributed by atoms with Crippen molar-refractivity contribution in [2.75, 3.05) is 0 Å². The molecule has 1 saturated heterocycles. The second kappa shape index (κ2) is 3.86. The van der Waals surface area contributed by atoms with Crippen LogP contribution < -0.4 is 18.9 Å². The van der Waals surface area contributed by atoms with Crippen LogP contribution in [-0.2, 0) is 4.43 Å². The number of rotatable bonds is 0. The largest absolute Gasteiger partial charge is 1.00 e. The van der Waals surface area contributed by atoms with Gasteiger partial charge in [-0.05, 0) is 33.4 Å². The molecule has 0 atom stereocenters. The molecular weight excluding hydrogens is 187 g/mol. The topological polar surface area (TPSA) is 9.23 Å². The Morgan fingerprint density at radius 3 is 1.92 bits per heavy atom. The quantitative estimate of drug-likeness (QED) is 0.522. The van der Waals surface area contributed by atoms with Crippen molar-refractivity contribution in [1.29, 1.82) is 0 Å². The van der Waals surface area contributed by atoms with Gasteiger partial charge in [-0.1, -0.05) is 19.1 Å². The van der Waals surface area contributed by atoms with Gasteiger partial charge in [-0.2, -0.15) is 0 Å². The third kappa shape index (κ3) is 2.97. The summed E-state index contributed by atoms with van der Waals surface area (Å²) >= 11 is 0. The average Bonchev–Trinajstić information content (AvgIpc) is 1.79. The van der Waals surface area contributed by atoms with Crippen molar-refractivity contribution in [2.45, 2.75) is 58.1 Å². The van der Waals surface area contributed by atoms with E-state index in [0.717, 1.165) is 0 Å². The van der Waals surface area contributed by atoms with Crippen molar-refractivity contribution < 1.29 is 24.7 Å². The van der Waals surface area contributed by atoms with Gasteiger partial charge in [0.25, 0.3) is 0 Å². The zero-order valence-corrected chi connectivity index (χ0v) is 12.3. The van der Waals surface area contributed by atoms with Crippen molar-refractivity contribution in [3.05, 3.63) is 0 Å².